The molecule has 0 aliphatic carbocycles. The van der Waals surface area contributed by atoms with E-state index >= 15 is 0 Å². The van der Waals surface area contributed by atoms with Crippen molar-refractivity contribution in [1.82, 2.24) is 4.90 Å². The molecule has 0 atom stereocenters. The van der Waals surface area contributed by atoms with Crippen molar-refractivity contribution in [3.63, 3.8) is 0 Å². The lowest BCUT2D eigenvalue weighted by molar-refractivity contribution is 0.0626. The minimum atomic E-state index is -3.92. The van der Waals surface area contributed by atoms with E-state index in [0.717, 1.165) is 12.8 Å². The molecule has 1 amide bonds. The lowest BCUT2D eigenvalue weighted by Crippen LogP contribution is -2.41. The molecule has 1 aliphatic heterocycles. The third-order valence-corrected chi connectivity index (χ3v) is 5.16. The number of carbonyl (C=O) groups is 1. The van der Waals surface area contributed by atoms with Crippen molar-refractivity contribution in [3.05, 3.63) is 29.8 Å². The van der Waals surface area contributed by atoms with Gasteiger partial charge in [0.25, 0.3) is 15.0 Å². The van der Waals surface area contributed by atoms with E-state index in [9.17, 15) is 13.2 Å². The zero-order chi connectivity index (χ0) is 15.0. The minimum absolute atomic E-state index is 0.114. The van der Waals surface area contributed by atoms with Crippen molar-refractivity contribution >= 4 is 25.6 Å². The number of benzene rings is 1. The smallest absolute Gasteiger partial charge is 0.262 e. The van der Waals surface area contributed by atoms with Crippen molar-refractivity contribution < 1.29 is 13.2 Å². The minimum Gasteiger partial charge on any atom is -0.339 e. The number of likely N-dealkylation sites (tertiary alicyclic amines) is 1. The summed E-state index contributed by atoms with van der Waals surface area (Å²) in [6.45, 7) is 5.63. The molecule has 1 saturated heterocycles. The van der Waals surface area contributed by atoms with Crippen LogP contribution in [0, 0.1) is 5.41 Å². The summed E-state index contributed by atoms with van der Waals surface area (Å²) in [6, 6.07) is 6.08. The maximum absolute atomic E-state index is 12.5. The summed E-state index contributed by atoms with van der Waals surface area (Å²) >= 11 is 0. The van der Waals surface area contributed by atoms with Gasteiger partial charge >= 0.3 is 0 Å². The molecular weight excluding hydrogens is 298 g/mol. The SMILES string of the molecule is CC1(C)CCN(C(=O)c2ccccc2S(=O)(=O)Cl)CC1. The molecule has 1 aromatic carbocycles. The topological polar surface area (TPSA) is 54.5 Å². The second-order valence-electron chi connectivity index (χ2n) is 5.89. The van der Waals surface area contributed by atoms with Gasteiger partial charge in [0.2, 0.25) is 0 Å². The van der Waals surface area contributed by atoms with Crippen LogP contribution in [0.1, 0.15) is 37.0 Å². The van der Waals surface area contributed by atoms with E-state index in [1.54, 1.807) is 17.0 Å². The molecule has 0 N–H and O–H groups in total. The Morgan fingerprint density at radius 3 is 2.30 bits per heavy atom. The van der Waals surface area contributed by atoms with Crippen LogP contribution in [0.25, 0.3) is 0 Å². The van der Waals surface area contributed by atoms with Crippen molar-refractivity contribution in [2.45, 2.75) is 31.6 Å². The fourth-order valence-corrected chi connectivity index (χ4v) is 3.40. The van der Waals surface area contributed by atoms with Crippen LogP contribution >= 0.6 is 10.7 Å². The predicted octanol–water partition coefficient (Wildman–Crippen LogP) is 2.88. The van der Waals surface area contributed by atoms with Crippen LogP contribution in [0.15, 0.2) is 29.2 Å². The van der Waals surface area contributed by atoms with Gasteiger partial charge in [-0.1, -0.05) is 26.0 Å². The Morgan fingerprint density at radius 2 is 1.75 bits per heavy atom. The van der Waals surface area contributed by atoms with Gasteiger partial charge in [0, 0.05) is 23.8 Å². The first-order valence-corrected chi connectivity index (χ1v) is 8.85. The molecule has 0 radical (unpaired) electrons. The Labute approximate surface area is 124 Å². The third kappa shape index (κ3) is 3.33. The first-order valence-electron chi connectivity index (χ1n) is 6.54. The van der Waals surface area contributed by atoms with Crippen molar-refractivity contribution in [2.24, 2.45) is 5.41 Å². The molecule has 0 bridgehead atoms. The molecule has 6 heteroatoms. The van der Waals surface area contributed by atoms with Crippen LogP contribution in [0.4, 0.5) is 0 Å². The quantitative estimate of drug-likeness (QED) is 0.789. The van der Waals surface area contributed by atoms with Gasteiger partial charge in [-0.3, -0.25) is 4.79 Å². The Morgan fingerprint density at radius 1 is 1.20 bits per heavy atom. The largest absolute Gasteiger partial charge is 0.339 e. The number of hydrogen-bond acceptors (Lipinski definition) is 3. The van der Waals surface area contributed by atoms with Gasteiger partial charge in [0.15, 0.2) is 0 Å². The molecule has 1 fully saturated rings. The Balaban J connectivity index is 2.27. The summed E-state index contributed by atoms with van der Waals surface area (Å²) in [5, 5.41) is 0. The molecule has 0 aromatic heterocycles. The van der Waals surface area contributed by atoms with E-state index in [-0.39, 0.29) is 21.8 Å². The zero-order valence-electron chi connectivity index (χ0n) is 11.6. The molecular formula is C14H18ClNO3S. The lowest BCUT2D eigenvalue weighted by atomic mass is 9.82. The first-order chi connectivity index (χ1) is 9.21. The molecule has 0 spiro atoms. The van der Waals surface area contributed by atoms with Gasteiger partial charge in [0.05, 0.1) is 10.5 Å². The average Bonchev–Trinajstić information content (AvgIpc) is 2.37. The highest BCUT2D eigenvalue weighted by molar-refractivity contribution is 8.13. The molecule has 0 saturated carbocycles. The van der Waals surface area contributed by atoms with Gasteiger partial charge in [-0.15, -0.1) is 0 Å². The number of carbonyl (C=O) groups excluding carboxylic acids is 1. The highest BCUT2D eigenvalue weighted by Gasteiger charge is 2.30. The fraction of sp³-hybridized carbons (Fsp3) is 0.500. The van der Waals surface area contributed by atoms with Crippen LogP contribution in [0.3, 0.4) is 0 Å². The molecule has 1 heterocycles. The highest BCUT2D eigenvalue weighted by atomic mass is 35.7. The van der Waals surface area contributed by atoms with Crippen LogP contribution in [-0.2, 0) is 9.05 Å². The van der Waals surface area contributed by atoms with Crippen LogP contribution in [0.2, 0.25) is 0 Å². The summed E-state index contributed by atoms with van der Waals surface area (Å²) < 4.78 is 23.1. The number of rotatable bonds is 2. The summed E-state index contributed by atoms with van der Waals surface area (Å²) in [5.41, 5.74) is 0.386. The van der Waals surface area contributed by atoms with Gasteiger partial charge in [0.1, 0.15) is 0 Å². The zero-order valence-corrected chi connectivity index (χ0v) is 13.2. The van der Waals surface area contributed by atoms with E-state index in [0.29, 0.717) is 13.1 Å². The normalized spacial score (nSPS) is 18.9. The Bertz CT molecular complexity index is 615. The van der Waals surface area contributed by atoms with E-state index in [1.165, 1.54) is 12.1 Å². The van der Waals surface area contributed by atoms with Gasteiger partial charge in [-0.05, 0) is 30.4 Å². The number of piperidine rings is 1. The Hall–Kier alpha value is -1.07. The van der Waals surface area contributed by atoms with Gasteiger partial charge < -0.3 is 4.90 Å². The molecule has 4 nitrogen and oxygen atoms in total. The van der Waals surface area contributed by atoms with E-state index in [4.69, 9.17) is 10.7 Å². The second-order valence-corrected chi connectivity index (χ2v) is 8.42. The van der Waals surface area contributed by atoms with Gasteiger partial charge in [-0.2, -0.15) is 0 Å². The maximum Gasteiger partial charge on any atom is 0.262 e. The van der Waals surface area contributed by atoms with E-state index < -0.39 is 9.05 Å². The standard InChI is InChI=1S/C14H18ClNO3S/c1-14(2)7-9-16(10-8-14)13(17)11-5-3-4-6-12(11)20(15,18)19/h3-6H,7-10H2,1-2H3. The van der Waals surface area contributed by atoms with E-state index in [1.807, 2.05) is 0 Å². The van der Waals surface area contributed by atoms with Crippen molar-refractivity contribution in [1.29, 1.82) is 0 Å². The van der Waals surface area contributed by atoms with Crippen molar-refractivity contribution in [2.75, 3.05) is 13.1 Å². The summed E-state index contributed by atoms with van der Waals surface area (Å²) in [5.74, 6) is -0.264. The number of nitrogens with zero attached hydrogens (tertiary/aromatic N) is 1. The number of halogens is 1. The Kier molecular flexibility index (Phi) is 4.12. The highest BCUT2D eigenvalue weighted by Crippen LogP contribution is 2.31. The van der Waals surface area contributed by atoms with Crippen LogP contribution in [0.5, 0.6) is 0 Å². The first kappa shape index (κ1) is 15.3. The summed E-state index contributed by atoms with van der Waals surface area (Å²) in [4.78, 5) is 14.1. The molecule has 1 aromatic rings. The summed E-state index contributed by atoms with van der Waals surface area (Å²) in [6.07, 6.45) is 1.82. The number of amides is 1. The number of hydrogen-bond donors (Lipinski definition) is 0. The lowest BCUT2D eigenvalue weighted by Gasteiger charge is -2.37. The van der Waals surface area contributed by atoms with Crippen molar-refractivity contribution in [3.8, 4) is 0 Å². The third-order valence-electron chi connectivity index (χ3n) is 3.78. The molecule has 1 aliphatic rings. The molecule has 20 heavy (non-hydrogen) atoms. The van der Waals surface area contributed by atoms with E-state index in [2.05, 4.69) is 13.8 Å². The van der Waals surface area contributed by atoms with Crippen LogP contribution < -0.4 is 0 Å². The monoisotopic (exact) mass is 315 g/mol. The fourth-order valence-electron chi connectivity index (χ4n) is 2.34. The predicted molar refractivity (Wildman–Crippen MR) is 78.4 cm³/mol. The molecule has 110 valence electrons. The van der Waals surface area contributed by atoms with Crippen LogP contribution in [-0.4, -0.2) is 32.3 Å². The average molecular weight is 316 g/mol. The molecule has 2 rings (SSSR count). The maximum atomic E-state index is 12.5. The van der Waals surface area contributed by atoms with Gasteiger partial charge in [-0.25, -0.2) is 8.42 Å². The molecule has 0 unspecified atom stereocenters. The summed E-state index contributed by atoms with van der Waals surface area (Å²) in [7, 11) is 1.48. The second kappa shape index (κ2) is 5.37.